The van der Waals surface area contributed by atoms with Gasteiger partial charge in [-0.3, -0.25) is 4.79 Å². The van der Waals surface area contributed by atoms with E-state index in [0.717, 1.165) is 0 Å². The number of carbonyl (C=O) groups excluding carboxylic acids is 1. The van der Waals surface area contributed by atoms with Gasteiger partial charge >= 0.3 is 0 Å². The third-order valence-electron chi connectivity index (χ3n) is 2.52. The summed E-state index contributed by atoms with van der Waals surface area (Å²) in [6, 6.07) is 1.82. The maximum absolute atomic E-state index is 11.4. The minimum atomic E-state index is -3.03. The second-order valence-corrected chi connectivity index (χ2v) is 6.43. The first-order chi connectivity index (χ1) is 6.78. The number of rotatable bonds is 2. The minimum Gasteiger partial charge on any atom is -0.349 e. The highest BCUT2D eigenvalue weighted by Crippen LogP contribution is 2.23. The summed E-state index contributed by atoms with van der Waals surface area (Å²) in [7, 11) is -3.03. The van der Waals surface area contributed by atoms with E-state index in [4.69, 9.17) is 5.26 Å². The monoisotopic (exact) mass is 230 g/mol. The van der Waals surface area contributed by atoms with Crippen molar-refractivity contribution >= 4 is 15.7 Å². The number of nitriles is 1. The van der Waals surface area contributed by atoms with Gasteiger partial charge in [-0.1, -0.05) is 0 Å². The zero-order valence-electron chi connectivity index (χ0n) is 8.78. The Bertz CT molecular complexity index is 410. The number of nitrogens with zero attached hydrogens (tertiary/aromatic N) is 1. The van der Waals surface area contributed by atoms with Crippen LogP contribution in [0.2, 0.25) is 0 Å². The molecule has 2 unspecified atom stereocenters. The van der Waals surface area contributed by atoms with Crippen molar-refractivity contribution in [2.45, 2.75) is 25.8 Å². The van der Waals surface area contributed by atoms with Crippen molar-refractivity contribution in [3.8, 4) is 6.07 Å². The van der Waals surface area contributed by atoms with Crippen LogP contribution in [0.4, 0.5) is 0 Å². The van der Waals surface area contributed by atoms with Crippen LogP contribution < -0.4 is 5.32 Å². The molecule has 2 atom stereocenters. The number of hydrogen-bond acceptors (Lipinski definition) is 4. The van der Waals surface area contributed by atoms with Gasteiger partial charge in [0.1, 0.15) is 5.92 Å². The van der Waals surface area contributed by atoms with Gasteiger partial charge in [0.15, 0.2) is 9.84 Å². The summed E-state index contributed by atoms with van der Waals surface area (Å²) in [5.41, 5.74) is -0.707. The second kappa shape index (κ2) is 3.81. The lowest BCUT2D eigenvalue weighted by molar-refractivity contribution is -0.124. The fourth-order valence-electron chi connectivity index (χ4n) is 1.57. The number of amides is 1. The lowest BCUT2D eigenvalue weighted by Crippen LogP contribution is -2.48. The van der Waals surface area contributed by atoms with Crippen LogP contribution in [0.1, 0.15) is 20.3 Å². The van der Waals surface area contributed by atoms with E-state index in [-0.39, 0.29) is 11.5 Å². The topological polar surface area (TPSA) is 87.0 Å². The van der Waals surface area contributed by atoms with Crippen LogP contribution in [-0.2, 0) is 14.6 Å². The Hall–Kier alpha value is -1.09. The number of sulfone groups is 1. The Morgan fingerprint density at radius 2 is 2.20 bits per heavy atom. The fourth-order valence-corrected chi connectivity index (χ4v) is 3.67. The van der Waals surface area contributed by atoms with Crippen LogP contribution >= 0.6 is 0 Å². The average Bonchev–Trinajstić information content (AvgIpc) is 2.39. The van der Waals surface area contributed by atoms with Gasteiger partial charge in [-0.15, -0.1) is 0 Å². The summed E-state index contributed by atoms with van der Waals surface area (Å²) < 4.78 is 22.5. The van der Waals surface area contributed by atoms with Crippen LogP contribution in [-0.4, -0.2) is 31.4 Å². The van der Waals surface area contributed by atoms with Crippen molar-refractivity contribution in [2.75, 3.05) is 11.5 Å². The SMILES string of the molecule is CC(C#N)C(=O)NC1(C)CCS(=O)(=O)C1. The molecule has 1 aliphatic rings. The van der Waals surface area contributed by atoms with Crippen LogP contribution in [0.5, 0.6) is 0 Å². The maximum atomic E-state index is 11.4. The van der Waals surface area contributed by atoms with Crippen molar-refractivity contribution < 1.29 is 13.2 Å². The Morgan fingerprint density at radius 3 is 2.60 bits per heavy atom. The molecule has 1 saturated heterocycles. The molecule has 0 aromatic carbocycles. The molecule has 0 radical (unpaired) electrons. The Balaban J connectivity index is 2.68. The molecule has 1 amide bonds. The third kappa shape index (κ3) is 2.93. The van der Waals surface area contributed by atoms with Gasteiger partial charge in [0.25, 0.3) is 0 Å². The first kappa shape index (κ1) is 12.0. The van der Waals surface area contributed by atoms with E-state index < -0.39 is 27.2 Å². The van der Waals surface area contributed by atoms with E-state index in [9.17, 15) is 13.2 Å². The van der Waals surface area contributed by atoms with Crippen LogP contribution in [0, 0.1) is 17.2 Å². The van der Waals surface area contributed by atoms with Crippen molar-refractivity contribution in [3.05, 3.63) is 0 Å². The van der Waals surface area contributed by atoms with Crippen LogP contribution in [0.15, 0.2) is 0 Å². The van der Waals surface area contributed by atoms with Gasteiger partial charge in [-0.25, -0.2) is 8.42 Å². The van der Waals surface area contributed by atoms with E-state index in [2.05, 4.69) is 5.32 Å². The molecule has 1 heterocycles. The number of hydrogen-bond donors (Lipinski definition) is 1. The summed E-state index contributed by atoms with van der Waals surface area (Å²) in [5, 5.41) is 11.2. The second-order valence-electron chi connectivity index (χ2n) is 4.24. The van der Waals surface area contributed by atoms with Gasteiger partial charge in [-0.2, -0.15) is 5.26 Å². The van der Waals surface area contributed by atoms with Gasteiger partial charge in [0.2, 0.25) is 5.91 Å². The quantitative estimate of drug-likeness (QED) is 0.714. The number of carbonyl (C=O) groups is 1. The average molecular weight is 230 g/mol. The fraction of sp³-hybridized carbons (Fsp3) is 0.778. The highest BCUT2D eigenvalue weighted by Gasteiger charge is 2.39. The van der Waals surface area contributed by atoms with E-state index >= 15 is 0 Å². The van der Waals surface area contributed by atoms with Crippen molar-refractivity contribution in [1.29, 1.82) is 5.26 Å². The van der Waals surface area contributed by atoms with Crippen LogP contribution in [0.25, 0.3) is 0 Å². The van der Waals surface area contributed by atoms with E-state index in [1.165, 1.54) is 6.92 Å². The minimum absolute atomic E-state index is 0.0378. The zero-order chi connectivity index (χ0) is 11.7. The van der Waals surface area contributed by atoms with Crippen molar-refractivity contribution in [1.82, 2.24) is 5.32 Å². The van der Waals surface area contributed by atoms with Crippen molar-refractivity contribution in [2.24, 2.45) is 5.92 Å². The van der Waals surface area contributed by atoms with E-state index in [0.29, 0.717) is 6.42 Å². The molecular formula is C9H14N2O3S. The Labute approximate surface area is 89.4 Å². The van der Waals surface area contributed by atoms with Crippen LogP contribution in [0.3, 0.4) is 0 Å². The van der Waals surface area contributed by atoms with Crippen molar-refractivity contribution in [3.63, 3.8) is 0 Å². The first-order valence-electron chi connectivity index (χ1n) is 4.70. The molecule has 0 bridgehead atoms. The molecule has 0 spiro atoms. The molecule has 1 N–H and O–H groups in total. The Morgan fingerprint density at radius 1 is 1.60 bits per heavy atom. The van der Waals surface area contributed by atoms with Gasteiger partial charge < -0.3 is 5.32 Å². The molecule has 0 aliphatic carbocycles. The molecule has 5 nitrogen and oxygen atoms in total. The number of nitrogens with one attached hydrogen (secondary N) is 1. The van der Waals surface area contributed by atoms with Gasteiger partial charge in [0, 0.05) is 0 Å². The molecule has 0 aromatic heterocycles. The predicted molar refractivity (Wildman–Crippen MR) is 54.6 cm³/mol. The molecule has 0 aromatic rings. The molecule has 1 aliphatic heterocycles. The van der Waals surface area contributed by atoms with Gasteiger partial charge in [0.05, 0.1) is 23.1 Å². The lowest BCUT2D eigenvalue weighted by Gasteiger charge is -2.24. The molecule has 1 fully saturated rings. The molecule has 0 saturated carbocycles. The highest BCUT2D eigenvalue weighted by atomic mass is 32.2. The maximum Gasteiger partial charge on any atom is 0.237 e. The molecule has 15 heavy (non-hydrogen) atoms. The standard InChI is InChI=1S/C9H14N2O3S/c1-7(5-10)8(12)11-9(2)3-4-15(13,14)6-9/h7H,3-4,6H2,1-2H3,(H,11,12). The summed E-state index contributed by atoms with van der Waals surface area (Å²) in [5.74, 6) is -1.09. The zero-order valence-corrected chi connectivity index (χ0v) is 9.60. The Kier molecular flexibility index (Phi) is 3.05. The summed E-state index contributed by atoms with van der Waals surface area (Å²) in [6.07, 6.45) is 0.416. The molecular weight excluding hydrogens is 216 g/mol. The molecule has 84 valence electrons. The third-order valence-corrected chi connectivity index (χ3v) is 4.42. The molecule has 6 heteroatoms. The summed E-state index contributed by atoms with van der Waals surface area (Å²) in [6.45, 7) is 3.18. The predicted octanol–water partition coefficient (Wildman–Crippen LogP) is -0.161. The largest absolute Gasteiger partial charge is 0.349 e. The van der Waals surface area contributed by atoms with E-state index in [1.54, 1.807) is 6.92 Å². The summed E-state index contributed by atoms with van der Waals surface area (Å²) >= 11 is 0. The highest BCUT2D eigenvalue weighted by molar-refractivity contribution is 7.91. The molecule has 1 rings (SSSR count). The van der Waals surface area contributed by atoms with E-state index in [1.807, 2.05) is 6.07 Å². The van der Waals surface area contributed by atoms with Gasteiger partial charge in [-0.05, 0) is 20.3 Å². The smallest absolute Gasteiger partial charge is 0.237 e. The normalized spacial score (nSPS) is 30.5. The summed E-state index contributed by atoms with van der Waals surface area (Å²) in [4.78, 5) is 11.4. The lowest BCUT2D eigenvalue weighted by atomic mass is 10.0. The first-order valence-corrected chi connectivity index (χ1v) is 6.52.